The number of pyridine rings is 1. The highest BCUT2D eigenvalue weighted by atomic mass is 16.5. The zero-order valence-electron chi connectivity index (χ0n) is 16.0. The number of fused-ring (bicyclic) bond motifs is 1. The standard InChI is InChI=1S/C19H25N5O2/c1-6-12(5)26-19-13(9-11(4)10-20-19)17-21-15-14(7-2)24(8-3)23-16(15)18(25)22-17/h9-10,12H,6-8H2,1-5H3,(H,21,22,25). The van der Waals surface area contributed by atoms with Gasteiger partial charge in [0.25, 0.3) is 5.56 Å². The van der Waals surface area contributed by atoms with Crippen molar-refractivity contribution in [2.24, 2.45) is 0 Å². The van der Waals surface area contributed by atoms with Crippen molar-refractivity contribution in [3.05, 3.63) is 33.9 Å². The fourth-order valence-corrected chi connectivity index (χ4v) is 2.90. The quantitative estimate of drug-likeness (QED) is 0.733. The molecule has 1 atom stereocenters. The topological polar surface area (TPSA) is 85.7 Å². The van der Waals surface area contributed by atoms with Crippen LogP contribution in [-0.2, 0) is 13.0 Å². The van der Waals surface area contributed by atoms with Crippen molar-refractivity contribution in [3.8, 4) is 17.3 Å². The highest BCUT2D eigenvalue weighted by molar-refractivity contribution is 5.79. The van der Waals surface area contributed by atoms with Crippen LogP contribution in [0.5, 0.6) is 5.88 Å². The van der Waals surface area contributed by atoms with Crippen LogP contribution in [0.3, 0.4) is 0 Å². The van der Waals surface area contributed by atoms with Gasteiger partial charge in [-0.3, -0.25) is 9.48 Å². The van der Waals surface area contributed by atoms with Crippen molar-refractivity contribution in [3.63, 3.8) is 0 Å². The number of hydrogen-bond donors (Lipinski definition) is 1. The number of aromatic nitrogens is 5. The van der Waals surface area contributed by atoms with Gasteiger partial charge in [0.15, 0.2) is 5.52 Å². The van der Waals surface area contributed by atoms with E-state index >= 15 is 0 Å². The van der Waals surface area contributed by atoms with Gasteiger partial charge in [-0.1, -0.05) is 13.8 Å². The van der Waals surface area contributed by atoms with Crippen LogP contribution >= 0.6 is 0 Å². The van der Waals surface area contributed by atoms with E-state index in [0.717, 1.165) is 24.1 Å². The minimum Gasteiger partial charge on any atom is -0.474 e. The molecule has 0 bridgehead atoms. The Morgan fingerprint density at radius 1 is 1.27 bits per heavy atom. The average Bonchev–Trinajstić information content (AvgIpc) is 3.01. The van der Waals surface area contributed by atoms with Crippen LogP contribution in [-0.4, -0.2) is 30.8 Å². The van der Waals surface area contributed by atoms with Crippen LogP contribution in [0, 0.1) is 6.92 Å². The summed E-state index contributed by atoms with van der Waals surface area (Å²) in [5.74, 6) is 0.940. The maximum atomic E-state index is 12.6. The van der Waals surface area contributed by atoms with E-state index in [9.17, 15) is 4.79 Å². The first kappa shape index (κ1) is 18.1. The second-order valence-corrected chi connectivity index (χ2v) is 6.43. The van der Waals surface area contributed by atoms with Gasteiger partial charge in [-0.25, -0.2) is 9.97 Å². The molecule has 1 unspecified atom stereocenters. The summed E-state index contributed by atoms with van der Waals surface area (Å²) in [6.45, 7) is 10.7. The Morgan fingerprint density at radius 3 is 2.69 bits per heavy atom. The van der Waals surface area contributed by atoms with Crippen molar-refractivity contribution >= 4 is 11.0 Å². The van der Waals surface area contributed by atoms with Crippen LogP contribution in [0.25, 0.3) is 22.4 Å². The van der Waals surface area contributed by atoms with Crippen molar-refractivity contribution < 1.29 is 4.74 Å². The predicted octanol–water partition coefficient (Wildman–Crippen LogP) is 3.25. The van der Waals surface area contributed by atoms with Gasteiger partial charge in [0, 0.05) is 12.7 Å². The summed E-state index contributed by atoms with van der Waals surface area (Å²) in [7, 11) is 0. The van der Waals surface area contributed by atoms with E-state index < -0.39 is 0 Å². The third kappa shape index (κ3) is 3.21. The number of nitrogens with one attached hydrogen (secondary N) is 1. The number of H-pyrrole nitrogens is 1. The summed E-state index contributed by atoms with van der Waals surface area (Å²) in [5.41, 5.74) is 3.39. The molecule has 1 N–H and O–H groups in total. The monoisotopic (exact) mass is 355 g/mol. The highest BCUT2D eigenvalue weighted by Crippen LogP contribution is 2.28. The Balaban J connectivity index is 2.22. The van der Waals surface area contributed by atoms with Crippen LogP contribution < -0.4 is 10.3 Å². The number of nitrogens with zero attached hydrogens (tertiary/aromatic N) is 4. The number of ether oxygens (including phenoxy) is 1. The molecule has 3 aromatic heterocycles. The lowest BCUT2D eigenvalue weighted by Gasteiger charge is -2.15. The molecule has 7 heteroatoms. The summed E-state index contributed by atoms with van der Waals surface area (Å²) < 4.78 is 7.78. The smallest absolute Gasteiger partial charge is 0.279 e. The molecule has 0 saturated carbocycles. The lowest BCUT2D eigenvalue weighted by molar-refractivity contribution is 0.209. The van der Waals surface area contributed by atoms with E-state index in [1.807, 2.05) is 38.4 Å². The van der Waals surface area contributed by atoms with E-state index in [4.69, 9.17) is 9.72 Å². The Hall–Kier alpha value is -2.70. The van der Waals surface area contributed by atoms with Crippen LogP contribution in [0.4, 0.5) is 0 Å². The summed E-state index contributed by atoms with van der Waals surface area (Å²) in [6, 6.07) is 1.94. The fourth-order valence-electron chi connectivity index (χ4n) is 2.90. The Kier molecular flexibility index (Phi) is 5.06. The molecule has 0 radical (unpaired) electrons. The lowest BCUT2D eigenvalue weighted by atomic mass is 10.2. The zero-order valence-corrected chi connectivity index (χ0v) is 16.0. The third-order valence-electron chi connectivity index (χ3n) is 4.47. The normalized spacial score (nSPS) is 12.5. The zero-order chi connectivity index (χ0) is 18.8. The molecule has 3 heterocycles. The summed E-state index contributed by atoms with van der Waals surface area (Å²) >= 11 is 0. The first-order valence-corrected chi connectivity index (χ1v) is 9.11. The molecule has 3 aromatic rings. The molecular weight excluding hydrogens is 330 g/mol. The minimum absolute atomic E-state index is 0.0217. The van der Waals surface area contributed by atoms with Crippen LogP contribution in [0.15, 0.2) is 17.1 Å². The van der Waals surface area contributed by atoms with Gasteiger partial charge >= 0.3 is 0 Å². The molecule has 0 amide bonds. The largest absolute Gasteiger partial charge is 0.474 e. The molecule has 0 aliphatic heterocycles. The molecule has 7 nitrogen and oxygen atoms in total. The molecule has 0 spiro atoms. The number of aryl methyl sites for hydroxylation is 3. The Morgan fingerprint density at radius 2 is 2.04 bits per heavy atom. The van der Waals surface area contributed by atoms with Crippen LogP contribution in [0.1, 0.15) is 45.4 Å². The predicted molar refractivity (Wildman–Crippen MR) is 102 cm³/mol. The van der Waals surface area contributed by atoms with Gasteiger partial charge in [0.05, 0.1) is 17.4 Å². The third-order valence-corrected chi connectivity index (χ3v) is 4.47. The van der Waals surface area contributed by atoms with Gasteiger partial charge in [0.2, 0.25) is 5.88 Å². The van der Waals surface area contributed by atoms with Crippen molar-refractivity contribution in [1.29, 1.82) is 0 Å². The van der Waals surface area contributed by atoms with Gasteiger partial charge in [0.1, 0.15) is 11.3 Å². The summed E-state index contributed by atoms with van der Waals surface area (Å²) in [5, 5.41) is 4.40. The van der Waals surface area contributed by atoms with Gasteiger partial charge in [-0.2, -0.15) is 5.10 Å². The van der Waals surface area contributed by atoms with E-state index in [1.54, 1.807) is 6.20 Å². The van der Waals surface area contributed by atoms with Gasteiger partial charge in [-0.05, 0) is 45.2 Å². The maximum Gasteiger partial charge on any atom is 0.279 e. The molecule has 0 aromatic carbocycles. The van der Waals surface area contributed by atoms with Gasteiger partial charge < -0.3 is 9.72 Å². The number of hydrogen-bond acceptors (Lipinski definition) is 5. The molecule has 26 heavy (non-hydrogen) atoms. The molecule has 0 aliphatic rings. The van der Waals surface area contributed by atoms with Gasteiger partial charge in [-0.15, -0.1) is 0 Å². The molecule has 0 fully saturated rings. The molecular formula is C19H25N5O2. The van der Waals surface area contributed by atoms with Crippen molar-refractivity contribution in [2.45, 2.75) is 60.1 Å². The average molecular weight is 355 g/mol. The van der Waals surface area contributed by atoms with E-state index in [0.29, 0.717) is 34.8 Å². The highest BCUT2D eigenvalue weighted by Gasteiger charge is 2.18. The fraction of sp³-hybridized carbons (Fsp3) is 0.474. The second-order valence-electron chi connectivity index (χ2n) is 6.43. The SMILES string of the molecule is CCc1c2nc(-c3cc(C)cnc3OC(C)CC)[nH]c(=O)c2nn1CC. The summed E-state index contributed by atoms with van der Waals surface area (Å²) in [6.07, 6.45) is 3.39. The molecule has 0 aliphatic carbocycles. The first-order valence-electron chi connectivity index (χ1n) is 9.11. The van der Waals surface area contributed by atoms with Crippen molar-refractivity contribution in [2.75, 3.05) is 0 Å². The van der Waals surface area contributed by atoms with Crippen molar-refractivity contribution in [1.82, 2.24) is 24.7 Å². The Labute approximate surface area is 152 Å². The molecule has 3 rings (SSSR count). The first-order chi connectivity index (χ1) is 12.5. The van der Waals surface area contributed by atoms with E-state index in [2.05, 4.69) is 22.0 Å². The Bertz CT molecular complexity index is 989. The lowest BCUT2D eigenvalue weighted by Crippen LogP contribution is -2.14. The molecule has 138 valence electrons. The summed E-state index contributed by atoms with van der Waals surface area (Å²) in [4.78, 5) is 24.6. The van der Waals surface area contributed by atoms with E-state index in [1.165, 1.54) is 0 Å². The number of aromatic amines is 1. The number of rotatable bonds is 6. The van der Waals surface area contributed by atoms with E-state index in [-0.39, 0.29) is 11.7 Å². The van der Waals surface area contributed by atoms with Crippen LogP contribution in [0.2, 0.25) is 0 Å². The maximum absolute atomic E-state index is 12.6. The molecule has 0 saturated heterocycles. The minimum atomic E-state index is -0.247. The second kappa shape index (κ2) is 7.27.